The molecule has 0 saturated heterocycles. The normalized spacial score (nSPS) is 12.7. The zero-order valence-corrected chi connectivity index (χ0v) is 9.13. The molecule has 1 unspecified atom stereocenters. The highest BCUT2D eigenvalue weighted by Gasteiger charge is 2.08. The number of aryl methyl sites for hydroxylation is 1. The van der Waals surface area contributed by atoms with E-state index in [-0.39, 0.29) is 5.38 Å². The Labute approximate surface area is 83.8 Å². The van der Waals surface area contributed by atoms with Crippen molar-refractivity contribution in [3.8, 4) is 0 Å². The van der Waals surface area contributed by atoms with Crippen molar-refractivity contribution >= 4 is 17.5 Å². The first-order valence-electron chi connectivity index (χ1n) is 4.17. The fourth-order valence-corrected chi connectivity index (χ4v) is 1.28. The lowest BCUT2D eigenvalue weighted by atomic mass is 10.2. The van der Waals surface area contributed by atoms with Crippen LogP contribution in [-0.4, -0.2) is 24.1 Å². The number of anilines is 1. The van der Waals surface area contributed by atoms with Gasteiger partial charge in [0.15, 0.2) is 0 Å². The van der Waals surface area contributed by atoms with Crippen molar-refractivity contribution in [3.63, 3.8) is 0 Å². The number of rotatable bonds is 2. The summed E-state index contributed by atoms with van der Waals surface area (Å²) in [4.78, 5) is 10.4. The van der Waals surface area contributed by atoms with Crippen LogP contribution in [0.5, 0.6) is 0 Å². The quantitative estimate of drug-likeness (QED) is 0.684. The van der Waals surface area contributed by atoms with Crippen LogP contribution in [0.2, 0.25) is 0 Å². The van der Waals surface area contributed by atoms with E-state index in [0.29, 0.717) is 0 Å². The van der Waals surface area contributed by atoms with Gasteiger partial charge in [-0.1, -0.05) is 0 Å². The van der Waals surface area contributed by atoms with E-state index in [2.05, 4.69) is 9.97 Å². The predicted octanol–water partition coefficient (Wildman–Crippen LogP) is 2.15. The van der Waals surface area contributed by atoms with Gasteiger partial charge in [-0.25, -0.2) is 9.97 Å². The number of hydrogen-bond donors (Lipinski definition) is 0. The van der Waals surface area contributed by atoms with Crippen LogP contribution in [0.4, 0.5) is 5.95 Å². The van der Waals surface area contributed by atoms with Crippen LogP contribution in [0.3, 0.4) is 0 Å². The van der Waals surface area contributed by atoms with Gasteiger partial charge in [-0.15, -0.1) is 11.6 Å². The summed E-state index contributed by atoms with van der Waals surface area (Å²) in [6, 6.07) is 0. The summed E-state index contributed by atoms with van der Waals surface area (Å²) in [6.45, 7) is 3.87. The van der Waals surface area contributed by atoms with Crippen LogP contribution in [0.25, 0.3) is 0 Å². The van der Waals surface area contributed by atoms with Crippen molar-refractivity contribution in [1.29, 1.82) is 0 Å². The Morgan fingerprint density at radius 1 is 1.46 bits per heavy atom. The Hall–Kier alpha value is -0.830. The molecule has 0 bridgehead atoms. The molecule has 4 heteroatoms. The second kappa shape index (κ2) is 3.92. The first-order valence-corrected chi connectivity index (χ1v) is 4.61. The Morgan fingerprint density at radius 3 is 2.46 bits per heavy atom. The first kappa shape index (κ1) is 10.3. The zero-order chi connectivity index (χ0) is 10.0. The molecular weight excluding hydrogens is 186 g/mol. The van der Waals surface area contributed by atoms with Gasteiger partial charge in [-0.2, -0.15) is 0 Å². The molecule has 0 N–H and O–H groups in total. The summed E-state index contributed by atoms with van der Waals surface area (Å²) >= 11 is 5.95. The minimum Gasteiger partial charge on any atom is -0.347 e. The van der Waals surface area contributed by atoms with Gasteiger partial charge in [0.05, 0.1) is 5.38 Å². The maximum Gasteiger partial charge on any atom is 0.224 e. The molecule has 1 aromatic rings. The van der Waals surface area contributed by atoms with Gasteiger partial charge in [0.1, 0.15) is 0 Å². The van der Waals surface area contributed by atoms with Crippen LogP contribution in [0.1, 0.15) is 23.6 Å². The highest BCUT2D eigenvalue weighted by atomic mass is 35.5. The molecule has 1 aromatic heterocycles. The van der Waals surface area contributed by atoms with Gasteiger partial charge in [0, 0.05) is 31.5 Å². The molecule has 13 heavy (non-hydrogen) atoms. The van der Waals surface area contributed by atoms with Crippen LogP contribution in [0, 0.1) is 6.92 Å². The SMILES string of the molecule is Cc1nc(N(C)C)ncc1C(C)Cl. The van der Waals surface area contributed by atoms with E-state index < -0.39 is 0 Å². The Balaban J connectivity index is 3.06. The van der Waals surface area contributed by atoms with Crippen molar-refractivity contribution in [2.75, 3.05) is 19.0 Å². The smallest absolute Gasteiger partial charge is 0.224 e. The molecule has 72 valence electrons. The summed E-state index contributed by atoms with van der Waals surface area (Å²) < 4.78 is 0. The molecule has 1 atom stereocenters. The number of aromatic nitrogens is 2. The molecule has 0 radical (unpaired) electrons. The van der Waals surface area contributed by atoms with Crippen molar-refractivity contribution < 1.29 is 0 Å². The largest absolute Gasteiger partial charge is 0.347 e. The average molecular weight is 200 g/mol. The second-order valence-electron chi connectivity index (χ2n) is 3.22. The third kappa shape index (κ3) is 2.31. The summed E-state index contributed by atoms with van der Waals surface area (Å²) in [5.41, 5.74) is 1.94. The molecule has 0 aromatic carbocycles. The predicted molar refractivity (Wildman–Crippen MR) is 55.4 cm³/mol. The lowest BCUT2D eigenvalue weighted by Crippen LogP contribution is -2.13. The standard InChI is InChI=1S/C9H14ClN3/c1-6(10)8-5-11-9(13(3)4)12-7(8)2/h5-6H,1-4H3. The molecule has 0 amide bonds. The minimum atomic E-state index is -0.0313. The molecule has 3 nitrogen and oxygen atoms in total. The fourth-order valence-electron chi connectivity index (χ4n) is 1.07. The molecule has 0 aliphatic heterocycles. The van der Waals surface area contributed by atoms with Gasteiger partial charge < -0.3 is 4.90 Å². The van der Waals surface area contributed by atoms with Crippen LogP contribution < -0.4 is 4.90 Å². The van der Waals surface area contributed by atoms with Crippen molar-refractivity contribution in [1.82, 2.24) is 9.97 Å². The second-order valence-corrected chi connectivity index (χ2v) is 3.88. The van der Waals surface area contributed by atoms with Crippen LogP contribution in [0.15, 0.2) is 6.20 Å². The first-order chi connectivity index (χ1) is 6.02. The van der Waals surface area contributed by atoms with E-state index in [1.165, 1.54) is 0 Å². The molecule has 1 heterocycles. The third-order valence-corrected chi connectivity index (χ3v) is 2.07. The molecular formula is C9H14ClN3. The zero-order valence-electron chi connectivity index (χ0n) is 8.37. The lowest BCUT2D eigenvalue weighted by Gasteiger charge is -2.12. The van der Waals surface area contributed by atoms with E-state index in [9.17, 15) is 0 Å². The summed E-state index contributed by atoms with van der Waals surface area (Å²) in [5.74, 6) is 0.721. The Morgan fingerprint density at radius 2 is 2.08 bits per heavy atom. The van der Waals surface area contributed by atoms with Crippen molar-refractivity contribution in [2.45, 2.75) is 19.2 Å². The maximum absolute atomic E-state index is 5.95. The van der Waals surface area contributed by atoms with Crippen molar-refractivity contribution in [3.05, 3.63) is 17.5 Å². The average Bonchev–Trinajstić information content (AvgIpc) is 2.03. The molecule has 0 aliphatic rings. The molecule has 0 saturated carbocycles. The highest BCUT2D eigenvalue weighted by molar-refractivity contribution is 6.20. The number of halogens is 1. The number of hydrogen-bond acceptors (Lipinski definition) is 3. The Kier molecular flexibility index (Phi) is 3.09. The molecule has 0 spiro atoms. The topological polar surface area (TPSA) is 29.0 Å². The van der Waals surface area contributed by atoms with E-state index >= 15 is 0 Å². The van der Waals surface area contributed by atoms with E-state index in [0.717, 1.165) is 17.2 Å². The van der Waals surface area contributed by atoms with Gasteiger partial charge in [0.2, 0.25) is 5.95 Å². The minimum absolute atomic E-state index is 0.0313. The monoisotopic (exact) mass is 199 g/mol. The Bertz CT molecular complexity index is 297. The van der Waals surface area contributed by atoms with Crippen molar-refractivity contribution in [2.24, 2.45) is 0 Å². The summed E-state index contributed by atoms with van der Waals surface area (Å²) in [5, 5.41) is -0.0313. The molecule has 0 fully saturated rings. The lowest BCUT2D eigenvalue weighted by molar-refractivity contribution is 0.926. The number of alkyl halides is 1. The van der Waals surface area contributed by atoms with Gasteiger partial charge >= 0.3 is 0 Å². The van der Waals surface area contributed by atoms with Crippen LogP contribution in [-0.2, 0) is 0 Å². The third-order valence-electron chi connectivity index (χ3n) is 1.83. The van der Waals surface area contributed by atoms with Gasteiger partial charge in [-0.3, -0.25) is 0 Å². The van der Waals surface area contributed by atoms with E-state index in [1.807, 2.05) is 32.8 Å². The highest BCUT2D eigenvalue weighted by Crippen LogP contribution is 2.21. The molecule has 0 aliphatic carbocycles. The fraction of sp³-hybridized carbons (Fsp3) is 0.556. The van der Waals surface area contributed by atoms with E-state index in [4.69, 9.17) is 11.6 Å². The maximum atomic E-state index is 5.95. The van der Waals surface area contributed by atoms with Gasteiger partial charge in [0.25, 0.3) is 0 Å². The summed E-state index contributed by atoms with van der Waals surface area (Å²) in [7, 11) is 3.83. The van der Waals surface area contributed by atoms with E-state index in [1.54, 1.807) is 6.20 Å². The molecule has 1 rings (SSSR count). The summed E-state index contributed by atoms with van der Waals surface area (Å²) in [6.07, 6.45) is 1.79. The number of nitrogens with zero attached hydrogens (tertiary/aromatic N) is 3. The van der Waals surface area contributed by atoms with Crippen LogP contribution >= 0.6 is 11.6 Å². The van der Waals surface area contributed by atoms with Gasteiger partial charge in [-0.05, 0) is 13.8 Å².